The summed E-state index contributed by atoms with van der Waals surface area (Å²) >= 11 is 0. The van der Waals surface area contributed by atoms with Gasteiger partial charge in [0.05, 0.1) is 0 Å². The summed E-state index contributed by atoms with van der Waals surface area (Å²) in [6, 6.07) is 3.32. The first-order valence-corrected chi connectivity index (χ1v) is 9.14. The zero-order valence-electron chi connectivity index (χ0n) is 13.0. The third-order valence-electron chi connectivity index (χ3n) is 4.42. The van der Waals surface area contributed by atoms with Crippen LogP contribution in [0.4, 0.5) is 5.82 Å². The fourth-order valence-corrected chi connectivity index (χ4v) is 4.15. The normalized spacial score (nSPS) is 26.5. The van der Waals surface area contributed by atoms with Gasteiger partial charge in [-0.05, 0) is 37.3 Å². The summed E-state index contributed by atoms with van der Waals surface area (Å²) in [7, 11) is -3.49. The number of anilines is 1. The van der Waals surface area contributed by atoms with E-state index in [0.717, 1.165) is 19.4 Å². The smallest absolute Gasteiger partial charge is 0.242 e. The summed E-state index contributed by atoms with van der Waals surface area (Å²) in [6.45, 7) is 7.05. The quantitative estimate of drug-likeness (QED) is 0.877. The Labute approximate surface area is 127 Å². The van der Waals surface area contributed by atoms with Gasteiger partial charge in [-0.15, -0.1) is 0 Å². The Morgan fingerprint density at radius 2 is 2.05 bits per heavy atom. The van der Waals surface area contributed by atoms with Crippen molar-refractivity contribution in [2.24, 2.45) is 11.8 Å². The molecule has 1 heterocycles. The minimum absolute atomic E-state index is 0.0205. The Bertz CT molecular complexity index is 557. The maximum atomic E-state index is 12.5. The van der Waals surface area contributed by atoms with E-state index in [0.29, 0.717) is 17.7 Å². The molecule has 0 aromatic carbocycles. The molecule has 1 aliphatic rings. The number of hydrogen-bond donors (Lipinski definition) is 2. The first-order valence-electron chi connectivity index (χ1n) is 7.66. The van der Waals surface area contributed by atoms with E-state index in [1.807, 2.05) is 6.92 Å². The van der Waals surface area contributed by atoms with Gasteiger partial charge in [0.1, 0.15) is 10.7 Å². The van der Waals surface area contributed by atoms with E-state index >= 15 is 0 Å². The molecule has 6 heteroatoms. The first kappa shape index (κ1) is 16.2. The van der Waals surface area contributed by atoms with Gasteiger partial charge in [-0.1, -0.05) is 26.7 Å². The third-order valence-corrected chi connectivity index (χ3v) is 5.89. The number of aromatic nitrogens is 1. The summed E-state index contributed by atoms with van der Waals surface area (Å²) in [5.74, 6) is 1.61. The first-order chi connectivity index (χ1) is 9.94. The van der Waals surface area contributed by atoms with E-state index < -0.39 is 10.0 Å². The lowest BCUT2D eigenvalue weighted by atomic mass is 9.78. The predicted octanol–water partition coefficient (Wildman–Crippen LogP) is 2.62. The molecule has 118 valence electrons. The highest BCUT2D eigenvalue weighted by Crippen LogP contribution is 2.30. The highest BCUT2D eigenvalue weighted by molar-refractivity contribution is 7.89. The highest BCUT2D eigenvalue weighted by atomic mass is 32.2. The van der Waals surface area contributed by atoms with E-state index in [4.69, 9.17) is 0 Å². The van der Waals surface area contributed by atoms with Gasteiger partial charge < -0.3 is 5.32 Å². The van der Waals surface area contributed by atoms with Crippen LogP contribution in [-0.4, -0.2) is 26.0 Å². The van der Waals surface area contributed by atoms with Gasteiger partial charge in [0, 0.05) is 18.8 Å². The van der Waals surface area contributed by atoms with E-state index in [1.54, 1.807) is 12.1 Å². The van der Waals surface area contributed by atoms with Crippen LogP contribution >= 0.6 is 0 Å². The van der Waals surface area contributed by atoms with Crippen molar-refractivity contribution in [2.75, 3.05) is 11.9 Å². The van der Waals surface area contributed by atoms with Gasteiger partial charge in [0.15, 0.2) is 0 Å². The van der Waals surface area contributed by atoms with Crippen LogP contribution in [0, 0.1) is 11.8 Å². The Morgan fingerprint density at radius 3 is 2.67 bits per heavy atom. The molecular formula is C15H25N3O2S. The second kappa shape index (κ2) is 6.75. The molecule has 0 radical (unpaired) electrons. The molecule has 1 fully saturated rings. The molecule has 2 N–H and O–H groups in total. The summed E-state index contributed by atoms with van der Waals surface area (Å²) < 4.78 is 27.8. The van der Waals surface area contributed by atoms with Crippen molar-refractivity contribution in [1.29, 1.82) is 0 Å². The van der Waals surface area contributed by atoms with Gasteiger partial charge in [-0.25, -0.2) is 18.1 Å². The van der Waals surface area contributed by atoms with Crippen LogP contribution in [0.25, 0.3) is 0 Å². The van der Waals surface area contributed by atoms with Crippen LogP contribution < -0.4 is 10.0 Å². The molecule has 1 aliphatic carbocycles. The molecule has 0 amide bonds. The SMILES string of the molecule is CCNc1ccc(S(=O)(=O)NC2CCCC(C)C2C)cn1. The molecule has 1 aromatic heterocycles. The molecular weight excluding hydrogens is 286 g/mol. The van der Waals surface area contributed by atoms with Crippen molar-refractivity contribution in [1.82, 2.24) is 9.71 Å². The zero-order chi connectivity index (χ0) is 15.5. The molecule has 3 atom stereocenters. The molecule has 0 aliphatic heterocycles. The second-order valence-electron chi connectivity index (χ2n) is 5.90. The van der Waals surface area contributed by atoms with Gasteiger partial charge in [0.2, 0.25) is 10.0 Å². The van der Waals surface area contributed by atoms with Crippen molar-refractivity contribution >= 4 is 15.8 Å². The molecule has 3 unspecified atom stereocenters. The molecule has 0 spiro atoms. The number of nitrogens with zero attached hydrogens (tertiary/aromatic N) is 1. The Kier molecular flexibility index (Phi) is 5.22. The minimum Gasteiger partial charge on any atom is -0.370 e. The van der Waals surface area contributed by atoms with Crippen molar-refractivity contribution in [3.63, 3.8) is 0 Å². The molecule has 0 bridgehead atoms. The molecule has 1 aromatic rings. The fraction of sp³-hybridized carbons (Fsp3) is 0.667. The molecule has 0 saturated heterocycles. The topological polar surface area (TPSA) is 71.1 Å². The lowest BCUT2D eigenvalue weighted by Gasteiger charge is -2.34. The Hall–Kier alpha value is -1.14. The molecule has 21 heavy (non-hydrogen) atoms. The van der Waals surface area contributed by atoms with E-state index in [1.165, 1.54) is 12.6 Å². The van der Waals surface area contributed by atoms with Gasteiger partial charge in [-0.2, -0.15) is 0 Å². The lowest BCUT2D eigenvalue weighted by Crippen LogP contribution is -2.43. The van der Waals surface area contributed by atoms with Crippen LogP contribution in [-0.2, 0) is 10.0 Å². The second-order valence-corrected chi connectivity index (χ2v) is 7.62. The maximum absolute atomic E-state index is 12.5. The number of pyridine rings is 1. The predicted molar refractivity (Wildman–Crippen MR) is 84.7 cm³/mol. The van der Waals surface area contributed by atoms with E-state index in [9.17, 15) is 8.42 Å². The number of nitrogens with one attached hydrogen (secondary N) is 2. The van der Waals surface area contributed by atoms with Crippen molar-refractivity contribution in [3.05, 3.63) is 18.3 Å². The highest BCUT2D eigenvalue weighted by Gasteiger charge is 2.30. The van der Waals surface area contributed by atoms with Gasteiger partial charge >= 0.3 is 0 Å². The summed E-state index contributed by atoms with van der Waals surface area (Å²) in [5.41, 5.74) is 0. The number of hydrogen-bond acceptors (Lipinski definition) is 4. The summed E-state index contributed by atoms with van der Waals surface area (Å²) in [5, 5.41) is 3.05. The minimum atomic E-state index is -3.49. The van der Waals surface area contributed by atoms with E-state index in [2.05, 4.69) is 28.9 Å². The standard InChI is InChI=1S/C15H25N3O2S/c1-4-16-15-9-8-13(10-17-15)21(19,20)18-14-7-5-6-11(2)12(14)3/h8-12,14,18H,4-7H2,1-3H3,(H,16,17). The van der Waals surface area contributed by atoms with Crippen molar-refractivity contribution in [3.8, 4) is 0 Å². The molecule has 1 saturated carbocycles. The van der Waals surface area contributed by atoms with Crippen LogP contribution in [0.1, 0.15) is 40.0 Å². The summed E-state index contributed by atoms with van der Waals surface area (Å²) in [4.78, 5) is 4.36. The van der Waals surface area contributed by atoms with Crippen LogP contribution in [0.2, 0.25) is 0 Å². The Balaban J connectivity index is 2.10. The largest absolute Gasteiger partial charge is 0.370 e. The number of rotatable bonds is 5. The van der Waals surface area contributed by atoms with Crippen LogP contribution in [0.15, 0.2) is 23.2 Å². The average Bonchev–Trinajstić information content (AvgIpc) is 2.45. The zero-order valence-corrected chi connectivity index (χ0v) is 13.8. The summed E-state index contributed by atoms with van der Waals surface area (Å²) in [6.07, 6.45) is 4.58. The average molecular weight is 311 g/mol. The van der Waals surface area contributed by atoms with Crippen molar-refractivity contribution in [2.45, 2.75) is 51.0 Å². The fourth-order valence-electron chi connectivity index (χ4n) is 2.84. The molecule has 2 rings (SSSR count). The number of sulfonamides is 1. The van der Waals surface area contributed by atoms with Crippen LogP contribution in [0.5, 0.6) is 0 Å². The van der Waals surface area contributed by atoms with Gasteiger partial charge in [-0.3, -0.25) is 0 Å². The van der Waals surface area contributed by atoms with Crippen molar-refractivity contribution < 1.29 is 8.42 Å². The maximum Gasteiger partial charge on any atom is 0.242 e. The van der Waals surface area contributed by atoms with Crippen LogP contribution in [0.3, 0.4) is 0 Å². The molecule has 5 nitrogen and oxygen atoms in total. The van der Waals surface area contributed by atoms with Gasteiger partial charge in [0.25, 0.3) is 0 Å². The van der Waals surface area contributed by atoms with E-state index in [-0.39, 0.29) is 10.9 Å². The lowest BCUT2D eigenvalue weighted by molar-refractivity contribution is 0.227. The Morgan fingerprint density at radius 1 is 1.29 bits per heavy atom. The third kappa shape index (κ3) is 3.95. The monoisotopic (exact) mass is 311 g/mol.